The first-order chi connectivity index (χ1) is 7.20. The Labute approximate surface area is 101 Å². The lowest BCUT2D eigenvalue weighted by Gasteiger charge is -2.26. The van der Waals surface area contributed by atoms with Crippen molar-refractivity contribution in [3.63, 3.8) is 0 Å². The largest absolute Gasteiger partial charge is 1.00 e. The van der Waals surface area contributed by atoms with Crippen LogP contribution in [0, 0.1) is 0 Å². The Bertz CT molecular complexity index is 271. The molecular weight excluding hydrogens is 232 g/mol. The minimum absolute atomic E-state index is 0. The molecule has 0 radical (unpaired) electrons. The Kier molecular flexibility index (Phi) is 6.92. The molecule has 1 unspecified atom stereocenters. The van der Waals surface area contributed by atoms with E-state index in [0.717, 1.165) is 19.3 Å². The van der Waals surface area contributed by atoms with Crippen molar-refractivity contribution in [2.24, 2.45) is 0 Å². The van der Waals surface area contributed by atoms with E-state index in [0.29, 0.717) is 26.0 Å². The fourth-order valence-electron chi connectivity index (χ4n) is 1.63. The van der Waals surface area contributed by atoms with Gasteiger partial charge in [-0.3, -0.25) is 4.79 Å². The van der Waals surface area contributed by atoms with Crippen LogP contribution >= 0.6 is 0 Å². The maximum Gasteiger partial charge on any atom is 0.409 e. The molecule has 1 fully saturated rings. The van der Waals surface area contributed by atoms with Gasteiger partial charge >= 0.3 is 18.2 Å². The lowest BCUT2D eigenvalue weighted by atomic mass is 10.2. The summed E-state index contributed by atoms with van der Waals surface area (Å²) in [5, 5.41) is 0. The molecule has 16 heavy (non-hydrogen) atoms. The molecule has 0 spiro atoms. The number of hydrogen-bond donors (Lipinski definition) is 1. The molecule has 92 valence electrons. The first-order valence-electron chi connectivity index (χ1n) is 5.35. The number of piperazine rings is 1. The molecule has 3 amide bonds. The molecule has 1 aliphatic rings. The van der Waals surface area contributed by atoms with Crippen molar-refractivity contribution >= 4 is 18.2 Å². The highest BCUT2D eigenvalue weighted by Gasteiger charge is 2.36. The first-order valence-corrected chi connectivity index (χ1v) is 5.35. The number of nitrogens with one attached hydrogen (secondary N) is 1. The highest BCUT2D eigenvalue weighted by atomic mass is 35.5. The van der Waals surface area contributed by atoms with Gasteiger partial charge in [0.2, 0.25) is 0 Å². The third kappa shape index (κ3) is 3.57. The van der Waals surface area contributed by atoms with Crippen LogP contribution in [0.25, 0.3) is 0 Å². The minimum Gasteiger partial charge on any atom is -1.00 e. The van der Waals surface area contributed by atoms with Crippen molar-refractivity contribution in [2.75, 3.05) is 19.6 Å². The predicted molar refractivity (Wildman–Crippen MR) is 53.0 cm³/mol. The minimum atomic E-state index is -0.618. The Hall–Kier alpha value is -0.940. The number of carbonyl (C=O) groups excluding carboxylic acids is 3. The van der Waals surface area contributed by atoms with Crippen LogP contribution in [0.15, 0.2) is 0 Å². The van der Waals surface area contributed by atoms with Gasteiger partial charge in [0.05, 0.1) is 6.54 Å². The zero-order valence-electron chi connectivity index (χ0n) is 9.37. The van der Waals surface area contributed by atoms with Gasteiger partial charge in [-0.15, -0.1) is 0 Å². The second kappa shape index (κ2) is 7.35. The number of nitrogens with zero attached hydrogens (tertiary/aromatic N) is 1. The molecule has 1 atom stereocenters. The monoisotopic (exact) mass is 248 g/mol. The molecule has 0 saturated carbocycles. The van der Waals surface area contributed by atoms with Crippen LogP contribution in [0.3, 0.4) is 0 Å². The van der Waals surface area contributed by atoms with E-state index in [1.165, 1.54) is 0 Å². The zero-order valence-corrected chi connectivity index (χ0v) is 10.1. The van der Waals surface area contributed by atoms with Gasteiger partial charge in [0, 0.05) is 6.54 Å². The summed E-state index contributed by atoms with van der Waals surface area (Å²) in [4.78, 5) is 34.9. The Balaban J connectivity index is 0.00000225. The summed E-state index contributed by atoms with van der Waals surface area (Å²) < 4.78 is 0. The molecule has 0 aromatic heterocycles. The van der Waals surface area contributed by atoms with E-state index < -0.39 is 11.8 Å². The molecule has 0 bridgehead atoms. The Morgan fingerprint density at radius 3 is 2.62 bits per heavy atom. The Morgan fingerprint density at radius 1 is 1.38 bits per heavy atom. The van der Waals surface area contributed by atoms with E-state index >= 15 is 0 Å². The van der Waals surface area contributed by atoms with Crippen LogP contribution in [0.1, 0.15) is 26.2 Å². The summed E-state index contributed by atoms with van der Waals surface area (Å²) in [7, 11) is 0. The van der Waals surface area contributed by atoms with Crippen LogP contribution in [-0.4, -0.2) is 42.8 Å². The predicted octanol–water partition coefficient (Wildman–Crippen LogP) is -4.41. The average Bonchev–Trinajstić information content (AvgIpc) is 2.25. The lowest BCUT2D eigenvalue weighted by molar-refractivity contribution is -0.727. The second-order valence-corrected chi connectivity index (χ2v) is 3.72. The third-order valence-electron chi connectivity index (χ3n) is 2.60. The fraction of sp³-hybridized carbons (Fsp3) is 0.700. The molecule has 1 aliphatic heterocycles. The quantitative estimate of drug-likeness (QED) is 0.304. The van der Waals surface area contributed by atoms with Crippen LogP contribution in [0.5, 0.6) is 0 Å². The number of halogens is 1. The van der Waals surface area contributed by atoms with Gasteiger partial charge in [0.1, 0.15) is 6.54 Å². The molecule has 6 heteroatoms. The van der Waals surface area contributed by atoms with E-state index in [1.807, 2.05) is 0 Å². The van der Waals surface area contributed by atoms with Crippen molar-refractivity contribution < 1.29 is 31.7 Å². The van der Waals surface area contributed by atoms with Gasteiger partial charge in [-0.1, -0.05) is 19.8 Å². The van der Waals surface area contributed by atoms with Crippen LogP contribution in [0.4, 0.5) is 0 Å². The molecule has 1 rings (SSSR count). The smallest absolute Gasteiger partial charge is 0.409 e. The summed E-state index contributed by atoms with van der Waals surface area (Å²) in [5.41, 5.74) is 0. The van der Waals surface area contributed by atoms with E-state index in [9.17, 15) is 14.4 Å². The van der Waals surface area contributed by atoms with Crippen LogP contribution in [-0.2, 0) is 14.4 Å². The molecule has 1 heterocycles. The summed E-state index contributed by atoms with van der Waals surface area (Å²) >= 11 is 0. The summed E-state index contributed by atoms with van der Waals surface area (Å²) in [6, 6.07) is 0. The Morgan fingerprint density at radius 2 is 2.06 bits per heavy atom. The molecule has 5 nitrogen and oxygen atoms in total. The van der Waals surface area contributed by atoms with E-state index in [-0.39, 0.29) is 17.3 Å². The SMILES string of the molecule is CCCCCN1CC[NH+](C=O)C(=O)C1=O.[Cl-]. The molecular formula is C10H17ClN2O3. The van der Waals surface area contributed by atoms with Gasteiger partial charge in [-0.05, 0) is 6.42 Å². The molecule has 0 aromatic carbocycles. The number of amides is 3. The topological polar surface area (TPSA) is 58.9 Å². The lowest BCUT2D eigenvalue weighted by Crippen LogP contribution is -3.17. The zero-order chi connectivity index (χ0) is 11.3. The second-order valence-electron chi connectivity index (χ2n) is 3.72. The van der Waals surface area contributed by atoms with Gasteiger partial charge in [-0.2, -0.15) is 0 Å². The highest BCUT2D eigenvalue weighted by molar-refractivity contribution is 6.32. The van der Waals surface area contributed by atoms with E-state index in [2.05, 4.69) is 6.92 Å². The number of carbonyl (C=O) groups is 3. The van der Waals surface area contributed by atoms with Gasteiger partial charge in [0.15, 0.2) is 0 Å². The van der Waals surface area contributed by atoms with Gasteiger partial charge in [-0.25, -0.2) is 14.5 Å². The fourth-order valence-corrected chi connectivity index (χ4v) is 1.63. The standard InChI is InChI=1S/C10H16N2O3.ClH/c1-2-3-4-5-11-6-7-12(8-13)10(15)9(11)14;/h8H,2-7H2,1H3;1H. The molecule has 0 aromatic rings. The van der Waals surface area contributed by atoms with Crippen molar-refractivity contribution in [1.29, 1.82) is 0 Å². The molecule has 0 aliphatic carbocycles. The van der Waals surface area contributed by atoms with Crippen molar-refractivity contribution in [3.05, 3.63) is 0 Å². The van der Waals surface area contributed by atoms with Crippen molar-refractivity contribution in [1.82, 2.24) is 4.90 Å². The maximum atomic E-state index is 11.5. The normalized spacial score (nSPS) is 20.6. The molecule has 1 N–H and O–H groups in total. The highest BCUT2D eigenvalue weighted by Crippen LogP contribution is 1.99. The van der Waals surface area contributed by atoms with Crippen LogP contribution in [0.2, 0.25) is 0 Å². The van der Waals surface area contributed by atoms with Crippen LogP contribution < -0.4 is 17.3 Å². The number of rotatable bonds is 5. The van der Waals surface area contributed by atoms with Crippen molar-refractivity contribution in [3.8, 4) is 0 Å². The summed E-state index contributed by atoms with van der Waals surface area (Å²) in [6.45, 7) is 3.62. The average molecular weight is 249 g/mol. The maximum absolute atomic E-state index is 11.5. The van der Waals surface area contributed by atoms with Gasteiger partial charge in [0.25, 0.3) is 0 Å². The number of imide groups is 1. The van der Waals surface area contributed by atoms with E-state index in [1.54, 1.807) is 4.90 Å². The summed E-state index contributed by atoms with van der Waals surface area (Å²) in [6.07, 6.45) is 3.57. The number of hydrogen-bond acceptors (Lipinski definition) is 3. The van der Waals surface area contributed by atoms with Crippen molar-refractivity contribution in [2.45, 2.75) is 26.2 Å². The summed E-state index contributed by atoms with van der Waals surface area (Å²) in [5.74, 6) is -1.13. The third-order valence-corrected chi connectivity index (χ3v) is 2.60. The van der Waals surface area contributed by atoms with E-state index in [4.69, 9.17) is 0 Å². The number of unbranched alkanes of at least 4 members (excludes halogenated alkanes) is 2. The van der Waals surface area contributed by atoms with Gasteiger partial charge < -0.3 is 17.3 Å². The molecule has 1 saturated heterocycles. The number of quaternary nitrogens is 1. The first kappa shape index (κ1) is 15.1.